The minimum atomic E-state index is -3.96. The molecule has 0 bridgehead atoms. The molecule has 0 aliphatic heterocycles. The van der Waals surface area contributed by atoms with Crippen LogP contribution in [0, 0.1) is 6.92 Å². The summed E-state index contributed by atoms with van der Waals surface area (Å²) in [5, 5.41) is 7.86. The van der Waals surface area contributed by atoms with Crippen LogP contribution < -0.4 is 14.2 Å². The van der Waals surface area contributed by atoms with Crippen LogP contribution in [0.5, 0.6) is 11.5 Å². The summed E-state index contributed by atoms with van der Waals surface area (Å²) in [6.07, 6.45) is 5.51. The number of rotatable bonds is 12. The number of aromatic nitrogens is 4. The number of ether oxygens (including phenoxy) is 2. The zero-order chi connectivity index (χ0) is 28.7. The van der Waals surface area contributed by atoms with Crippen LogP contribution in [0.15, 0.2) is 101 Å². The Morgan fingerprint density at radius 1 is 0.951 bits per heavy atom. The lowest BCUT2D eigenvalue weighted by molar-refractivity contribution is 0.322. The van der Waals surface area contributed by atoms with Crippen molar-refractivity contribution in [2.45, 2.75) is 29.0 Å². The Balaban J connectivity index is 1.34. The smallest absolute Gasteiger partial charge is 0.263 e. The Morgan fingerprint density at radius 2 is 1.78 bits per heavy atom. The van der Waals surface area contributed by atoms with Crippen LogP contribution in [0.1, 0.15) is 16.7 Å². The van der Waals surface area contributed by atoms with Crippen LogP contribution in [-0.2, 0) is 22.2 Å². The molecule has 2 heterocycles. The lowest BCUT2D eigenvalue weighted by atomic mass is 10.2. The van der Waals surface area contributed by atoms with Gasteiger partial charge in [0.05, 0.1) is 36.1 Å². The number of aromatic amines is 1. The second kappa shape index (κ2) is 12.9. The van der Waals surface area contributed by atoms with E-state index < -0.39 is 10.0 Å². The Labute approximate surface area is 243 Å². The number of hydrogen-bond donors (Lipinski definition) is 2. The molecule has 0 saturated heterocycles. The van der Waals surface area contributed by atoms with Crippen LogP contribution in [-0.4, -0.2) is 42.3 Å². The lowest BCUT2D eigenvalue weighted by Crippen LogP contribution is -2.14. The minimum absolute atomic E-state index is 0.0762. The number of nitrogens with zero attached hydrogens (tertiary/aromatic N) is 3. The molecule has 0 unspecified atom stereocenters. The highest BCUT2D eigenvalue weighted by molar-refractivity contribution is 7.98. The number of hydrogen-bond acceptors (Lipinski definition) is 8. The number of anilines is 1. The van der Waals surface area contributed by atoms with E-state index in [0.717, 1.165) is 23.3 Å². The van der Waals surface area contributed by atoms with Gasteiger partial charge in [0.2, 0.25) is 0 Å². The summed E-state index contributed by atoms with van der Waals surface area (Å²) in [5.74, 6) is 2.02. The van der Waals surface area contributed by atoms with E-state index in [-0.39, 0.29) is 10.7 Å². The Morgan fingerprint density at radius 3 is 2.56 bits per heavy atom. The fourth-order valence-corrected chi connectivity index (χ4v) is 6.25. The van der Waals surface area contributed by atoms with Crippen molar-refractivity contribution >= 4 is 27.6 Å². The van der Waals surface area contributed by atoms with Gasteiger partial charge in [-0.15, -0.1) is 0 Å². The number of thioether (sulfide) groups is 1. The number of methoxy groups -OCH3 is 1. The van der Waals surface area contributed by atoms with E-state index >= 15 is 0 Å². The molecule has 0 spiro atoms. The largest absolute Gasteiger partial charge is 0.497 e. The fourth-order valence-electron chi connectivity index (χ4n) is 4.16. The second-order valence-corrected chi connectivity index (χ2v) is 11.8. The lowest BCUT2D eigenvalue weighted by Gasteiger charge is -2.11. The molecule has 0 aliphatic carbocycles. The maximum Gasteiger partial charge on any atom is 0.263 e. The number of nitrogens with one attached hydrogen (secondary N) is 2. The van der Waals surface area contributed by atoms with Gasteiger partial charge < -0.3 is 9.47 Å². The van der Waals surface area contributed by atoms with Crippen molar-refractivity contribution in [2.24, 2.45) is 0 Å². The van der Waals surface area contributed by atoms with Crippen molar-refractivity contribution in [1.82, 2.24) is 20.2 Å². The fraction of sp³-hybridized carbons (Fsp3) is 0.167. The van der Waals surface area contributed by atoms with Crippen molar-refractivity contribution in [3.8, 4) is 22.8 Å². The van der Waals surface area contributed by atoms with E-state index in [1.807, 2.05) is 42.5 Å². The van der Waals surface area contributed by atoms with E-state index in [0.29, 0.717) is 34.4 Å². The molecule has 11 heteroatoms. The average Bonchev–Trinajstić information content (AvgIpc) is 3.38. The van der Waals surface area contributed by atoms with Gasteiger partial charge in [0.15, 0.2) is 0 Å². The standard InChI is InChI=1S/C30H29N5O4S2/c1-21-15-25(38-2)18-26(16-21)41(36,37)35-29-28(27-19-31-12-13-32-27)30(34-33-29)40-20-23-9-6-10-24(17-23)39-14-11-22-7-4-3-5-8-22/h3-10,12-13,15-19H,11,14,20H2,1-2H3,(H2,33,34,35). The molecule has 3 aromatic carbocycles. The van der Waals surface area contributed by atoms with Gasteiger partial charge >= 0.3 is 0 Å². The van der Waals surface area contributed by atoms with Gasteiger partial charge in [-0.2, -0.15) is 5.10 Å². The van der Waals surface area contributed by atoms with Gasteiger partial charge in [-0.3, -0.25) is 19.8 Å². The van der Waals surface area contributed by atoms with Crippen LogP contribution >= 0.6 is 11.8 Å². The molecule has 41 heavy (non-hydrogen) atoms. The molecule has 0 amide bonds. The molecular weight excluding hydrogens is 558 g/mol. The van der Waals surface area contributed by atoms with Crippen molar-refractivity contribution in [3.63, 3.8) is 0 Å². The first-order valence-electron chi connectivity index (χ1n) is 12.8. The number of sulfonamides is 1. The summed E-state index contributed by atoms with van der Waals surface area (Å²) in [7, 11) is -2.47. The highest BCUT2D eigenvalue weighted by Gasteiger charge is 2.23. The molecule has 0 saturated carbocycles. The molecule has 9 nitrogen and oxygen atoms in total. The molecule has 0 radical (unpaired) electrons. The van der Waals surface area contributed by atoms with Crippen LogP contribution in [0.3, 0.4) is 0 Å². The summed E-state index contributed by atoms with van der Waals surface area (Å²) in [5.41, 5.74) is 4.02. The first kappa shape index (κ1) is 28.2. The van der Waals surface area contributed by atoms with E-state index in [4.69, 9.17) is 9.47 Å². The first-order chi connectivity index (χ1) is 19.9. The third kappa shape index (κ3) is 7.24. The minimum Gasteiger partial charge on any atom is -0.497 e. The maximum atomic E-state index is 13.3. The third-order valence-corrected chi connectivity index (χ3v) is 8.51. The molecule has 210 valence electrons. The van der Waals surface area contributed by atoms with Crippen LogP contribution in [0.2, 0.25) is 0 Å². The highest BCUT2D eigenvalue weighted by atomic mass is 32.2. The summed E-state index contributed by atoms with van der Waals surface area (Å²) < 4.78 is 40.6. The molecule has 0 atom stereocenters. The number of benzene rings is 3. The zero-order valence-electron chi connectivity index (χ0n) is 22.6. The van der Waals surface area contributed by atoms with Gasteiger partial charge in [0.25, 0.3) is 10.0 Å². The average molecular weight is 588 g/mol. The highest BCUT2D eigenvalue weighted by Crippen LogP contribution is 2.37. The van der Waals surface area contributed by atoms with Crippen LogP contribution in [0.4, 0.5) is 5.82 Å². The van der Waals surface area contributed by atoms with Crippen molar-refractivity contribution < 1.29 is 17.9 Å². The van der Waals surface area contributed by atoms with Gasteiger partial charge in [-0.25, -0.2) is 8.42 Å². The Kier molecular flexibility index (Phi) is 8.85. The monoisotopic (exact) mass is 587 g/mol. The predicted octanol–water partition coefficient (Wildman–Crippen LogP) is 5.90. The predicted molar refractivity (Wildman–Crippen MR) is 160 cm³/mol. The molecule has 5 rings (SSSR count). The second-order valence-electron chi connectivity index (χ2n) is 9.18. The molecule has 0 fully saturated rings. The van der Waals surface area contributed by atoms with Gasteiger partial charge in [0, 0.05) is 30.6 Å². The summed E-state index contributed by atoms with van der Waals surface area (Å²) in [4.78, 5) is 8.65. The molecule has 5 aromatic rings. The summed E-state index contributed by atoms with van der Waals surface area (Å²) in [6.45, 7) is 2.38. The van der Waals surface area contributed by atoms with Crippen molar-refractivity contribution in [2.75, 3.05) is 18.4 Å². The molecular formula is C30H29N5O4S2. The third-order valence-electron chi connectivity index (χ3n) is 6.14. The topological polar surface area (TPSA) is 119 Å². The molecule has 0 aliphatic rings. The molecule has 2 aromatic heterocycles. The van der Waals surface area contributed by atoms with Crippen LogP contribution in [0.25, 0.3) is 11.3 Å². The Bertz CT molecular complexity index is 1710. The van der Waals surface area contributed by atoms with E-state index in [1.54, 1.807) is 37.6 Å². The number of aryl methyl sites for hydroxylation is 1. The maximum absolute atomic E-state index is 13.3. The quantitative estimate of drug-likeness (QED) is 0.173. The first-order valence-corrected chi connectivity index (χ1v) is 15.3. The number of H-pyrrole nitrogens is 1. The van der Waals surface area contributed by atoms with Crippen molar-refractivity contribution in [1.29, 1.82) is 0 Å². The zero-order valence-corrected chi connectivity index (χ0v) is 24.2. The molecule has 2 N–H and O–H groups in total. The Hall–Kier alpha value is -4.35. The van der Waals surface area contributed by atoms with Gasteiger partial charge in [-0.05, 0) is 47.9 Å². The normalized spacial score (nSPS) is 11.3. The summed E-state index contributed by atoms with van der Waals surface area (Å²) in [6, 6.07) is 22.9. The van der Waals surface area contributed by atoms with E-state index in [1.165, 1.54) is 30.5 Å². The van der Waals surface area contributed by atoms with E-state index in [2.05, 4.69) is 37.0 Å². The van der Waals surface area contributed by atoms with Gasteiger partial charge in [-0.1, -0.05) is 54.2 Å². The van der Waals surface area contributed by atoms with Gasteiger partial charge in [0.1, 0.15) is 22.3 Å². The van der Waals surface area contributed by atoms with E-state index in [9.17, 15) is 8.42 Å². The van der Waals surface area contributed by atoms with Crippen molar-refractivity contribution in [3.05, 3.63) is 108 Å². The summed E-state index contributed by atoms with van der Waals surface area (Å²) >= 11 is 1.46. The SMILES string of the molecule is COc1cc(C)cc(S(=O)(=O)Nc2[nH]nc(SCc3cccc(OCCc4ccccc4)c3)c2-c2cnccn2)c1.